The second-order valence-corrected chi connectivity index (χ2v) is 3.99. The number of hydrogen-bond acceptors (Lipinski definition) is 4. The lowest BCUT2D eigenvalue weighted by molar-refractivity contribution is -0.118. The molecule has 6 heteroatoms. The summed E-state index contributed by atoms with van der Waals surface area (Å²) in [6.45, 7) is 3.90. The fourth-order valence-electron chi connectivity index (χ4n) is 1.10. The van der Waals surface area contributed by atoms with Crippen LogP contribution >= 0.6 is 11.6 Å². The van der Waals surface area contributed by atoms with Crippen LogP contribution in [0.25, 0.3) is 0 Å². The molecule has 1 heterocycles. The van der Waals surface area contributed by atoms with E-state index >= 15 is 0 Å². The van der Waals surface area contributed by atoms with Crippen LogP contribution in [0.1, 0.15) is 20.3 Å². The Hall–Kier alpha value is -1.20. The van der Waals surface area contributed by atoms with Gasteiger partial charge in [-0.1, -0.05) is 31.9 Å². The summed E-state index contributed by atoms with van der Waals surface area (Å²) in [5, 5.41) is 2.81. The van der Waals surface area contributed by atoms with Gasteiger partial charge >= 0.3 is 0 Å². The minimum atomic E-state index is -0.562. The number of carbonyl (C=O) groups is 1. The summed E-state index contributed by atoms with van der Waals surface area (Å²) in [6, 6.07) is 0.971. The Morgan fingerprint density at radius 3 is 2.94 bits per heavy atom. The molecule has 0 aliphatic carbocycles. The van der Waals surface area contributed by atoms with Crippen molar-refractivity contribution < 1.29 is 4.79 Å². The molecule has 1 amide bonds. The summed E-state index contributed by atoms with van der Waals surface area (Å²) >= 11 is 5.66. The van der Waals surface area contributed by atoms with Crippen LogP contribution < -0.4 is 11.1 Å². The first kappa shape index (κ1) is 12.9. The predicted octanol–water partition coefficient (Wildman–Crippen LogP) is 1.44. The van der Waals surface area contributed by atoms with Crippen molar-refractivity contribution in [2.45, 2.75) is 26.3 Å². The quantitative estimate of drug-likeness (QED) is 0.783. The van der Waals surface area contributed by atoms with Crippen molar-refractivity contribution in [2.24, 2.45) is 11.7 Å². The third-order valence-corrected chi connectivity index (χ3v) is 2.63. The molecular weight excluding hydrogens is 228 g/mol. The van der Waals surface area contributed by atoms with Crippen LogP contribution in [0.3, 0.4) is 0 Å². The van der Waals surface area contributed by atoms with E-state index in [1.165, 1.54) is 12.3 Å². The number of rotatable bonds is 4. The number of aromatic nitrogens is 2. The molecule has 1 aromatic rings. The molecule has 1 rings (SSSR count). The molecule has 88 valence electrons. The molecule has 5 nitrogen and oxygen atoms in total. The molecule has 0 radical (unpaired) electrons. The SMILES string of the molecule is CCC(C)[C@H](N)C(=O)Nc1nccc(Cl)n1. The van der Waals surface area contributed by atoms with E-state index in [0.717, 1.165) is 6.42 Å². The van der Waals surface area contributed by atoms with Gasteiger partial charge in [0.1, 0.15) is 5.15 Å². The van der Waals surface area contributed by atoms with Gasteiger partial charge in [-0.25, -0.2) is 9.97 Å². The van der Waals surface area contributed by atoms with E-state index in [1.807, 2.05) is 13.8 Å². The van der Waals surface area contributed by atoms with Gasteiger partial charge in [-0.2, -0.15) is 0 Å². The zero-order chi connectivity index (χ0) is 12.1. The van der Waals surface area contributed by atoms with Gasteiger partial charge in [0.15, 0.2) is 0 Å². The highest BCUT2D eigenvalue weighted by Crippen LogP contribution is 2.09. The highest BCUT2D eigenvalue weighted by Gasteiger charge is 2.20. The van der Waals surface area contributed by atoms with Crippen molar-refractivity contribution in [1.29, 1.82) is 0 Å². The summed E-state index contributed by atoms with van der Waals surface area (Å²) in [7, 11) is 0. The highest BCUT2D eigenvalue weighted by molar-refractivity contribution is 6.29. The van der Waals surface area contributed by atoms with E-state index in [4.69, 9.17) is 17.3 Å². The standard InChI is InChI=1S/C10H15ClN4O/c1-3-6(2)8(12)9(16)15-10-13-5-4-7(11)14-10/h4-6,8H,3,12H2,1-2H3,(H,13,14,15,16)/t6?,8-/m0/s1. The normalized spacial score (nSPS) is 14.2. The fraction of sp³-hybridized carbons (Fsp3) is 0.500. The average Bonchev–Trinajstić information content (AvgIpc) is 2.27. The van der Waals surface area contributed by atoms with Crippen LogP contribution in [0.5, 0.6) is 0 Å². The lowest BCUT2D eigenvalue weighted by atomic mass is 10.00. The first-order valence-electron chi connectivity index (χ1n) is 5.09. The molecule has 0 saturated heterocycles. The summed E-state index contributed by atoms with van der Waals surface area (Å²) in [4.78, 5) is 19.4. The maximum Gasteiger partial charge on any atom is 0.243 e. The maximum absolute atomic E-state index is 11.7. The van der Waals surface area contributed by atoms with E-state index in [2.05, 4.69) is 15.3 Å². The van der Waals surface area contributed by atoms with Gasteiger partial charge in [0.05, 0.1) is 6.04 Å². The lowest BCUT2D eigenvalue weighted by Crippen LogP contribution is -2.41. The van der Waals surface area contributed by atoms with E-state index in [9.17, 15) is 4.79 Å². The summed E-state index contributed by atoms with van der Waals surface area (Å²) in [5.74, 6) is -0.00736. The first-order valence-corrected chi connectivity index (χ1v) is 5.47. The Balaban J connectivity index is 2.64. The molecule has 0 aliphatic heterocycles. The van der Waals surface area contributed by atoms with Crippen molar-refractivity contribution in [3.63, 3.8) is 0 Å². The van der Waals surface area contributed by atoms with E-state index in [1.54, 1.807) is 0 Å². The summed E-state index contributed by atoms with van der Waals surface area (Å²) in [6.07, 6.45) is 2.31. The van der Waals surface area contributed by atoms with Crippen molar-refractivity contribution in [2.75, 3.05) is 5.32 Å². The third kappa shape index (κ3) is 3.43. The van der Waals surface area contributed by atoms with Crippen molar-refractivity contribution in [1.82, 2.24) is 9.97 Å². The average molecular weight is 243 g/mol. The Kier molecular flexibility index (Phi) is 4.64. The molecule has 16 heavy (non-hydrogen) atoms. The second kappa shape index (κ2) is 5.77. The molecule has 0 saturated carbocycles. The molecule has 0 fully saturated rings. The molecule has 0 spiro atoms. The molecular formula is C10H15ClN4O. The van der Waals surface area contributed by atoms with Gasteiger partial charge in [-0.05, 0) is 12.0 Å². The minimum absolute atomic E-state index is 0.110. The first-order chi connectivity index (χ1) is 7.54. The zero-order valence-corrected chi connectivity index (χ0v) is 10.0. The molecule has 3 N–H and O–H groups in total. The monoisotopic (exact) mass is 242 g/mol. The maximum atomic E-state index is 11.7. The van der Waals surface area contributed by atoms with Gasteiger partial charge in [-0.15, -0.1) is 0 Å². The third-order valence-electron chi connectivity index (χ3n) is 2.42. The van der Waals surface area contributed by atoms with Gasteiger partial charge < -0.3 is 5.73 Å². The Morgan fingerprint density at radius 1 is 1.69 bits per heavy atom. The van der Waals surface area contributed by atoms with Gasteiger partial charge in [0.25, 0.3) is 0 Å². The number of nitrogens with zero attached hydrogens (tertiary/aromatic N) is 2. The molecule has 0 bridgehead atoms. The number of anilines is 1. The number of hydrogen-bond donors (Lipinski definition) is 2. The van der Waals surface area contributed by atoms with Crippen molar-refractivity contribution in [3.05, 3.63) is 17.4 Å². The van der Waals surface area contributed by atoms with E-state index < -0.39 is 6.04 Å². The van der Waals surface area contributed by atoms with Gasteiger partial charge in [0, 0.05) is 6.20 Å². The fourth-order valence-corrected chi connectivity index (χ4v) is 1.24. The topological polar surface area (TPSA) is 80.9 Å². The number of halogens is 1. The molecule has 0 aromatic carbocycles. The van der Waals surface area contributed by atoms with Gasteiger partial charge in [-0.3, -0.25) is 10.1 Å². The Labute approximate surface area is 99.4 Å². The van der Waals surface area contributed by atoms with Crippen LogP contribution in [0, 0.1) is 5.92 Å². The van der Waals surface area contributed by atoms with Crippen LogP contribution in [-0.4, -0.2) is 21.9 Å². The Bertz CT molecular complexity index is 372. The van der Waals surface area contributed by atoms with Crippen molar-refractivity contribution >= 4 is 23.5 Å². The van der Waals surface area contributed by atoms with Gasteiger partial charge in [0.2, 0.25) is 11.9 Å². The van der Waals surface area contributed by atoms with Crippen molar-refractivity contribution in [3.8, 4) is 0 Å². The summed E-state index contributed by atoms with van der Waals surface area (Å²) in [5.41, 5.74) is 5.76. The minimum Gasteiger partial charge on any atom is -0.320 e. The number of nitrogens with one attached hydrogen (secondary N) is 1. The molecule has 1 aromatic heterocycles. The predicted molar refractivity (Wildman–Crippen MR) is 63.1 cm³/mol. The zero-order valence-electron chi connectivity index (χ0n) is 9.27. The van der Waals surface area contributed by atoms with Crippen LogP contribution in [-0.2, 0) is 4.79 Å². The smallest absolute Gasteiger partial charge is 0.243 e. The number of amides is 1. The summed E-state index contributed by atoms with van der Waals surface area (Å²) < 4.78 is 0. The Morgan fingerprint density at radius 2 is 2.38 bits per heavy atom. The van der Waals surface area contributed by atoms with Crippen LogP contribution in [0.4, 0.5) is 5.95 Å². The largest absolute Gasteiger partial charge is 0.320 e. The number of carbonyl (C=O) groups excluding carboxylic acids is 1. The lowest BCUT2D eigenvalue weighted by Gasteiger charge is -2.16. The number of nitrogens with two attached hydrogens (primary N) is 1. The molecule has 1 unspecified atom stereocenters. The van der Waals surface area contributed by atoms with Crippen LogP contribution in [0.2, 0.25) is 5.15 Å². The van der Waals surface area contributed by atoms with E-state index in [0.29, 0.717) is 0 Å². The highest BCUT2D eigenvalue weighted by atomic mass is 35.5. The van der Waals surface area contributed by atoms with Crippen LogP contribution in [0.15, 0.2) is 12.3 Å². The molecule has 0 aliphatic rings. The molecule has 2 atom stereocenters. The van der Waals surface area contributed by atoms with E-state index in [-0.39, 0.29) is 22.9 Å². The second-order valence-electron chi connectivity index (χ2n) is 3.60.